The molecule has 0 fully saturated rings. The number of primary sulfonamides is 1. The zero-order chi connectivity index (χ0) is 22.6. The molecule has 2 aromatic carbocycles. The highest BCUT2D eigenvalue weighted by Gasteiger charge is 2.20. The quantitative estimate of drug-likeness (QED) is 0.504. The monoisotopic (exact) mass is 453 g/mol. The Morgan fingerprint density at radius 1 is 1.12 bits per heavy atom. The van der Waals surface area contributed by atoms with Gasteiger partial charge < -0.3 is 4.90 Å². The zero-order valence-corrected chi connectivity index (χ0v) is 18.7. The third-order valence-electron chi connectivity index (χ3n) is 5.45. The molecule has 2 heterocycles. The van der Waals surface area contributed by atoms with Gasteiger partial charge >= 0.3 is 0 Å². The van der Waals surface area contributed by atoms with Crippen LogP contribution >= 0.6 is 0 Å². The highest BCUT2D eigenvalue weighted by molar-refractivity contribution is 7.89. The normalized spacial score (nSPS) is 15.3. The number of aromatic nitrogens is 3. The summed E-state index contributed by atoms with van der Waals surface area (Å²) in [7, 11) is -3.54. The highest BCUT2D eigenvalue weighted by atomic mass is 32.2. The van der Waals surface area contributed by atoms with Gasteiger partial charge in [0.2, 0.25) is 21.9 Å². The van der Waals surface area contributed by atoms with Crippen molar-refractivity contribution in [1.82, 2.24) is 20.1 Å². The first-order valence-electron chi connectivity index (χ1n) is 10.5. The van der Waals surface area contributed by atoms with Gasteiger partial charge in [-0.2, -0.15) is 4.98 Å². The second-order valence-corrected chi connectivity index (χ2v) is 9.53. The molecule has 1 aromatic heterocycles. The van der Waals surface area contributed by atoms with Gasteiger partial charge in [-0.25, -0.2) is 13.6 Å². The van der Waals surface area contributed by atoms with Crippen LogP contribution in [0.25, 0.3) is 11.1 Å². The topological polar surface area (TPSA) is 129 Å². The Morgan fingerprint density at radius 2 is 1.84 bits per heavy atom. The minimum atomic E-state index is -3.54. The molecular formula is C22H27N7O2S. The number of nitrogens with two attached hydrogens (primary N) is 1. The summed E-state index contributed by atoms with van der Waals surface area (Å²) in [6.45, 7) is 3.70. The molecule has 0 spiro atoms. The van der Waals surface area contributed by atoms with E-state index < -0.39 is 10.0 Å². The Balaban J connectivity index is 1.43. The zero-order valence-electron chi connectivity index (χ0n) is 17.9. The van der Waals surface area contributed by atoms with Crippen molar-refractivity contribution in [2.45, 2.75) is 19.3 Å². The maximum Gasteiger partial charge on any atom is 0.248 e. The largest absolute Gasteiger partial charge is 0.342 e. The molecule has 0 radical (unpaired) electrons. The van der Waals surface area contributed by atoms with Gasteiger partial charge in [0.1, 0.15) is 5.82 Å². The van der Waals surface area contributed by atoms with E-state index in [0.717, 1.165) is 23.4 Å². The van der Waals surface area contributed by atoms with Crippen LogP contribution in [0, 0.1) is 0 Å². The lowest BCUT2D eigenvalue weighted by molar-refractivity contribution is 0.411. The number of guanidine groups is 1. The van der Waals surface area contributed by atoms with Gasteiger partial charge in [-0.05, 0) is 23.1 Å². The number of hydrogen-bond donors (Lipinski definition) is 3. The maximum atomic E-state index is 11.3. The van der Waals surface area contributed by atoms with Gasteiger partial charge in [0.25, 0.3) is 0 Å². The number of rotatable bonds is 7. The van der Waals surface area contributed by atoms with Crippen LogP contribution in [-0.2, 0) is 10.0 Å². The molecule has 9 nitrogen and oxygen atoms in total. The van der Waals surface area contributed by atoms with Crippen molar-refractivity contribution in [3.05, 3.63) is 66.0 Å². The van der Waals surface area contributed by atoms with Gasteiger partial charge in [-0.1, -0.05) is 61.5 Å². The number of hydrogen-bond acceptors (Lipinski definition) is 7. The van der Waals surface area contributed by atoms with Crippen molar-refractivity contribution in [2.24, 2.45) is 10.1 Å². The fourth-order valence-electron chi connectivity index (χ4n) is 3.60. The summed E-state index contributed by atoms with van der Waals surface area (Å²) in [6, 6.07) is 18.7. The third-order valence-corrected chi connectivity index (χ3v) is 6.20. The van der Waals surface area contributed by atoms with Crippen molar-refractivity contribution < 1.29 is 8.42 Å². The van der Waals surface area contributed by atoms with E-state index in [1.54, 1.807) is 0 Å². The predicted molar refractivity (Wildman–Crippen MR) is 126 cm³/mol. The molecule has 168 valence electrons. The molecular weight excluding hydrogens is 426 g/mol. The third kappa shape index (κ3) is 5.51. The lowest BCUT2D eigenvalue weighted by atomic mass is 9.97. The molecule has 3 aromatic rings. The average Bonchev–Trinajstić information content (AvgIpc) is 3.27. The minimum absolute atomic E-state index is 0.0228. The molecule has 1 aliphatic rings. The molecule has 0 aliphatic carbocycles. The smallest absolute Gasteiger partial charge is 0.248 e. The van der Waals surface area contributed by atoms with E-state index in [9.17, 15) is 8.42 Å². The number of anilines is 1. The first-order valence-corrected chi connectivity index (χ1v) is 12.3. The molecule has 10 heteroatoms. The summed E-state index contributed by atoms with van der Waals surface area (Å²) >= 11 is 0. The van der Waals surface area contributed by atoms with Crippen LogP contribution < -0.4 is 10.5 Å². The van der Waals surface area contributed by atoms with Gasteiger partial charge in [0.05, 0.1) is 5.75 Å². The Labute approximate surface area is 187 Å². The van der Waals surface area contributed by atoms with Crippen LogP contribution in [0.4, 0.5) is 5.95 Å². The van der Waals surface area contributed by atoms with Crippen molar-refractivity contribution >= 4 is 21.9 Å². The Morgan fingerprint density at radius 3 is 2.56 bits per heavy atom. The molecule has 0 amide bonds. The van der Waals surface area contributed by atoms with Crippen molar-refractivity contribution in [1.29, 1.82) is 0 Å². The molecule has 1 unspecified atom stereocenters. The van der Waals surface area contributed by atoms with E-state index in [-0.39, 0.29) is 18.2 Å². The molecule has 0 saturated heterocycles. The van der Waals surface area contributed by atoms with E-state index in [4.69, 9.17) is 5.14 Å². The summed E-state index contributed by atoms with van der Waals surface area (Å²) in [5, 5.41) is 15.5. The lowest BCUT2D eigenvalue weighted by Crippen LogP contribution is -2.43. The molecule has 4 rings (SSSR count). The number of aromatic amines is 1. The first kappa shape index (κ1) is 22.0. The van der Waals surface area contributed by atoms with E-state index in [1.807, 2.05) is 23.1 Å². The second-order valence-electron chi connectivity index (χ2n) is 7.79. The number of aliphatic imine (C=N–C) groups is 1. The summed E-state index contributed by atoms with van der Waals surface area (Å²) in [6.07, 6.45) is 0.852. The van der Waals surface area contributed by atoms with E-state index in [2.05, 4.69) is 68.8 Å². The molecule has 1 atom stereocenters. The Hall–Kier alpha value is -3.24. The molecule has 4 N–H and O–H groups in total. The van der Waals surface area contributed by atoms with Crippen molar-refractivity contribution in [3.8, 4) is 11.1 Å². The van der Waals surface area contributed by atoms with Crippen LogP contribution in [0.1, 0.15) is 30.7 Å². The van der Waals surface area contributed by atoms with Gasteiger partial charge in [0, 0.05) is 25.6 Å². The van der Waals surface area contributed by atoms with Crippen LogP contribution in [0.15, 0.2) is 59.6 Å². The van der Waals surface area contributed by atoms with Crippen molar-refractivity contribution in [3.63, 3.8) is 0 Å². The second kappa shape index (κ2) is 9.49. The van der Waals surface area contributed by atoms with Gasteiger partial charge in [-0.3, -0.25) is 15.4 Å². The van der Waals surface area contributed by atoms with E-state index >= 15 is 0 Å². The molecule has 32 heavy (non-hydrogen) atoms. The first-order chi connectivity index (χ1) is 15.4. The van der Waals surface area contributed by atoms with E-state index in [1.165, 1.54) is 5.56 Å². The lowest BCUT2D eigenvalue weighted by Gasteiger charge is -2.28. The summed E-state index contributed by atoms with van der Waals surface area (Å²) < 4.78 is 22.6. The minimum Gasteiger partial charge on any atom is -0.342 e. The fraction of sp³-hybridized carbons (Fsp3) is 0.318. The molecule has 0 saturated carbocycles. The Bertz CT molecular complexity index is 1170. The van der Waals surface area contributed by atoms with Crippen LogP contribution in [-0.4, -0.2) is 59.8 Å². The summed E-state index contributed by atoms with van der Waals surface area (Å²) in [4.78, 5) is 10.9. The number of sulfonamides is 1. The maximum absolute atomic E-state index is 11.3. The summed E-state index contributed by atoms with van der Waals surface area (Å²) in [5.41, 5.74) is 3.46. The molecule has 1 aliphatic heterocycles. The SMILES string of the molecule is CC(c1ccc(-c2ccccc2)cc1)c1nc(NC2=NCCCN2CCS(N)(=O)=O)n[nH]1. The number of H-pyrrole nitrogens is 1. The number of nitrogens with one attached hydrogen (secondary N) is 2. The van der Waals surface area contributed by atoms with Gasteiger partial charge in [0.15, 0.2) is 0 Å². The van der Waals surface area contributed by atoms with Crippen LogP contribution in [0.5, 0.6) is 0 Å². The Kier molecular flexibility index (Phi) is 6.52. The standard InChI is InChI=1S/C22H27N7O2S/c1-16(17-8-10-19(11-9-17)18-6-3-2-4-7-18)20-25-21(28-27-20)26-22-24-12-5-13-29(22)14-15-32(23,30)31/h2-4,6-11,16H,5,12-15H2,1H3,(H2,23,30,31)(H2,24,25,26,27,28). The number of benzene rings is 2. The van der Waals surface area contributed by atoms with Crippen LogP contribution in [0.2, 0.25) is 0 Å². The number of nitrogens with zero attached hydrogens (tertiary/aromatic N) is 4. The predicted octanol–water partition coefficient (Wildman–Crippen LogP) is 2.39. The fourth-order valence-corrected chi connectivity index (χ4v) is 4.08. The van der Waals surface area contributed by atoms with Crippen LogP contribution in [0.3, 0.4) is 0 Å². The molecule has 0 bridgehead atoms. The van der Waals surface area contributed by atoms with E-state index in [0.29, 0.717) is 25.0 Å². The summed E-state index contributed by atoms with van der Waals surface area (Å²) in [5.74, 6) is 1.57. The van der Waals surface area contributed by atoms with Gasteiger partial charge in [-0.15, -0.1) is 5.10 Å². The van der Waals surface area contributed by atoms with Crippen molar-refractivity contribution in [2.75, 3.05) is 30.7 Å². The highest BCUT2D eigenvalue weighted by Crippen LogP contribution is 2.25. The average molecular weight is 454 g/mol.